The van der Waals surface area contributed by atoms with Crippen LogP contribution in [-0.2, 0) is 11.0 Å². The molecule has 0 aliphatic heterocycles. The molecule has 1 heterocycles. The molecular formula is C24H26F3N3O2S. The highest BCUT2D eigenvalue weighted by atomic mass is 32.2. The van der Waals surface area contributed by atoms with Crippen molar-refractivity contribution in [3.8, 4) is 5.69 Å². The molecule has 3 rings (SSSR count). The summed E-state index contributed by atoms with van der Waals surface area (Å²) in [6, 6.07) is 11.4. The fourth-order valence-electron chi connectivity index (χ4n) is 3.24. The number of hydrogen-bond donors (Lipinski definition) is 1. The first-order chi connectivity index (χ1) is 15.7. The number of fused-ring (bicyclic) bond motifs is 1. The minimum absolute atomic E-state index is 0.0435. The van der Waals surface area contributed by atoms with E-state index in [4.69, 9.17) is 0 Å². The quantitative estimate of drug-likeness (QED) is 0.253. The largest absolute Gasteiger partial charge is 0.416 e. The summed E-state index contributed by atoms with van der Waals surface area (Å²) in [6.45, 7) is 4.80. The van der Waals surface area contributed by atoms with Crippen LogP contribution in [0.4, 0.5) is 13.2 Å². The Labute approximate surface area is 194 Å². The lowest BCUT2D eigenvalue weighted by Crippen LogP contribution is -2.25. The molecule has 0 fully saturated rings. The molecule has 0 aliphatic rings. The topological polar surface area (TPSA) is 64.0 Å². The van der Waals surface area contributed by atoms with Crippen molar-refractivity contribution in [1.29, 1.82) is 0 Å². The first-order valence-corrected chi connectivity index (χ1v) is 11.7. The summed E-state index contributed by atoms with van der Waals surface area (Å²) in [5.41, 5.74) is -0.704. The molecule has 1 amide bonds. The van der Waals surface area contributed by atoms with Crippen LogP contribution in [0.2, 0.25) is 0 Å². The van der Waals surface area contributed by atoms with Crippen molar-refractivity contribution in [3.63, 3.8) is 0 Å². The SMILES string of the molecule is CC(C)CCNC(=O)CCCSc1nc2ccccc2c(=O)n1-c1cccc(C(F)(F)F)c1. The highest BCUT2D eigenvalue weighted by molar-refractivity contribution is 7.99. The molecule has 33 heavy (non-hydrogen) atoms. The number of carbonyl (C=O) groups excluding carboxylic acids is 1. The van der Waals surface area contributed by atoms with E-state index in [1.54, 1.807) is 24.3 Å². The number of nitrogens with one attached hydrogen (secondary N) is 1. The van der Waals surface area contributed by atoms with Gasteiger partial charge in [0.25, 0.3) is 5.56 Å². The van der Waals surface area contributed by atoms with Gasteiger partial charge in [0.1, 0.15) is 0 Å². The zero-order valence-electron chi connectivity index (χ0n) is 18.5. The van der Waals surface area contributed by atoms with E-state index in [1.165, 1.54) is 28.5 Å². The van der Waals surface area contributed by atoms with E-state index in [0.717, 1.165) is 18.6 Å². The van der Waals surface area contributed by atoms with Crippen molar-refractivity contribution in [2.75, 3.05) is 12.3 Å². The molecule has 0 aliphatic carbocycles. The van der Waals surface area contributed by atoms with Gasteiger partial charge in [0.15, 0.2) is 5.16 Å². The predicted octanol–water partition coefficient (Wildman–Crippen LogP) is 5.44. The molecular weight excluding hydrogens is 451 g/mol. The van der Waals surface area contributed by atoms with E-state index in [1.807, 2.05) is 0 Å². The van der Waals surface area contributed by atoms with Crippen molar-refractivity contribution < 1.29 is 18.0 Å². The Morgan fingerprint density at radius 3 is 2.64 bits per heavy atom. The Hall–Kier alpha value is -2.81. The highest BCUT2D eigenvalue weighted by Gasteiger charge is 2.30. The van der Waals surface area contributed by atoms with Crippen LogP contribution in [-0.4, -0.2) is 27.8 Å². The summed E-state index contributed by atoms with van der Waals surface area (Å²) in [5.74, 6) is 0.951. The Morgan fingerprint density at radius 2 is 1.91 bits per heavy atom. The highest BCUT2D eigenvalue weighted by Crippen LogP contribution is 2.31. The molecule has 1 N–H and O–H groups in total. The van der Waals surface area contributed by atoms with Crippen LogP contribution in [0.25, 0.3) is 16.6 Å². The maximum absolute atomic E-state index is 13.2. The number of carbonyl (C=O) groups is 1. The lowest BCUT2D eigenvalue weighted by molar-refractivity contribution is -0.137. The summed E-state index contributed by atoms with van der Waals surface area (Å²) in [6.07, 6.45) is -2.75. The zero-order valence-corrected chi connectivity index (χ0v) is 19.3. The van der Waals surface area contributed by atoms with Gasteiger partial charge in [-0.25, -0.2) is 4.98 Å². The Bertz CT molecular complexity index is 1180. The third-order valence-electron chi connectivity index (χ3n) is 5.00. The van der Waals surface area contributed by atoms with E-state index >= 15 is 0 Å². The molecule has 1 aromatic heterocycles. The van der Waals surface area contributed by atoms with Crippen molar-refractivity contribution >= 4 is 28.6 Å². The summed E-state index contributed by atoms with van der Waals surface area (Å²) in [7, 11) is 0. The molecule has 9 heteroatoms. The normalized spacial score (nSPS) is 11.8. The van der Waals surface area contributed by atoms with E-state index in [-0.39, 0.29) is 11.6 Å². The second-order valence-electron chi connectivity index (χ2n) is 8.08. The molecule has 0 saturated heterocycles. The summed E-state index contributed by atoms with van der Waals surface area (Å²) < 4.78 is 41.0. The Balaban J connectivity index is 1.83. The van der Waals surface area contributed by atoms with Crippen LogP contribution in [0.3, 0.4) is 0 Å². The second kappa shape index (κ2) is 10.9. The first kappa shape index (κ1) is 24.8. The number of alkyl halides is 3. The maximum Gasteiger partial charge on any atom is 0.416 e. The van der Waals surface area contributed by atoms with E-state index in [9.17, 15) is 22.8 Å². The molecule has 0 atom stereocenters. The number of aromatic nitrogens is 2. The lowest BCUT2D eigenvalue weighted by Gasteiger charge is -2.15. The summed E-state index contributed by atoms with van der Waals surface area (Å²) in [4.78, 5) is 29.7. The van der Waals surface area contributed by atoms with Crippen molar-refractivity contribution in [3.05, 3.63) is 64.4 Å². The lowest BCUT2D eigenvalue weighted by atomic mass is 10.1. The second-order valence-corrected chi connectivity index (χ2v) is 9.15. The zero-order chi connectivity index (χ0) is 24.0. The van der Waals surface area contributed by atoms with Crippen LogP contribution >= 0.6 is 11.8 Å². The van der Waals surface area contributed by atoms with Crippen LogP contribution in [0.5, 0.6) is 0 Å². The number of hydrogen-bond acceptors (Lipinski definition) is 4. The van der Waals surface area contributed by atoms with Crippen LogP contribution in [0, 0.1) is 5.92 Å². The average Bonchev–Trinajstić information content (AvgIpc) is 2.76. The third-order valence-corrected chi connectivity index (χ3v) is 6.02. The maximum atomic E-state index is 13.2. The van der Waals surface area contributed by atoms with Gasteiger partial charge in [0.2, 0.25) is 5.91 Å². The van der Waals surface area contributed by atoms with Crippen molar-refractivity contribution in [2.24, 2.45) is 5.92 Å². The van der Waals surface area contributed by atoms with Gasteiger partial charge in [-0.1, -0.05) is 43.8 Å². The third kappa shape index (κ3) is 6.60. The van der Waals surface area contributed by atoms with Gasteiger partial charge in [0.05, 0.1) is 22.2 Å². The smallest absolute Gasteiger partial charge is 0.356 e. The summed E-state index contributed by atoms with van der Waals surface area (Å²) in [5, 5.41) is 3.49. The van der Waals surface area contributed by atoms with Gasteiger partial charge >= 0.3 is 6.18 Å². The molecule has 0 saturated carbocycles. The minimum Gasteiger partial charge on any atom is -0.356 e. The van der Waals surface area contributed by atoms with Crippen LogP contribution in [0.1, 0.15) is 38.7 Å². The Kier molecular flexibility index (Phi) is 8.18. The van der Waals surface area contributed by atoms with Gasteiger partial charge in [-0.15, -0.1) is 0 Å². The van der Waals surface area contributed by atoms with Gasteiger partial charge in [-0.3, -0.25) is 14.2 Å². The first-order valence-electron chi connectivity index (χ1n) is 10.8. The molecule has 176 valence electrons. The number of benzene rings is 2. The summed E-state index contributed by atoms with van der Waals surface area (Å²) >= 11 is 1.25. The monoisotopic (exact) mass is 477 g/mol. The molecule has 0 radical (unpaired) electrons. The van der Waals surface area contributed by atoms with Gasteiger partial charge in [-0.2, -0.15) is 13.2 Å². The number of nitrogens with zero attached hydrogens (tertiary/aromatic N) is 2. The van der Waals surface area contributed by atoms with Gasteiger partial charge in [0, 0.05) is 18.7 Å². The predicted molar refractivity (Wildman–Crippen MR) is 125 cm³/mol. The van der Waals surface area contributed by atoms with Gasteiger partial charge < -0.3 is 5.32 Å². The average molecular weight is 478 g/mol. The molecule has 3 aromatic rings. The Morgan fingerprint density at radius 1 is 1.15 bits per heavy atom. The van der Waals surface area contributed by atoms with Gasteiger partial charge in [-0.05, 0) is 49.1 Å². The number of thioether (sulfide) groups is 1. The molecule has 5 nitrogen and oxygen atoms in total. The fraction of sp³-hybridized carbons (Fsp3) is 0.375. The number of rotatable bonds is 9. The minimum atomic E-state index is -4.53. The molecule has 0 unspecified atom stereocenters. The van der Waals surface area contributed by atoms with E-state index in [0.29, 0.717) is 47.1 Å². The fourth-order valence-corrected chi connectivity index (χ4v) is 4.19. The van der Waals surface area contributed by atoms with E-state index < -0.39 is 17.3 Å². The molecule has 2 aromatic carbocycles. The van der Waals surface area contributed by atoms with Crippen molar-refractivity contribution in [2.45, 2.75) is 44.4 Å². The number of amides is 1. The number of halogens is 3. The standard InChI is InChI=1S/C24H26F3N3O2S/c1-16(2)12-13-28-21(31)11-6-14-33-23-29-20-10-4-3-9-19(20)22(32)30(23)18-8-5-7-17(15-18)24(25,26)27/h3-5,7-10,15-16H,6,11-14H2,1-2H3,(H,28,31). The van der Waals surface area contributed by atoms with Crippen LogP contribution < -0.4 is 10.9 Å². The van der Waals surface area contributed by atoms with E-state index in [2.05, 4.69) is 24.1 Å². The van der Waals surface area contributed by atoms with Crippen LogP contribution in [0.15, 0.2) is 58.5 Å². The molecule has 0 bridgehead atoms. The number of para-hydroxylation sites is 1. The molecule has 0 spiro atoms. The van der Waals surface area contributed by atoms with Crippen molar-refractivity contribution in [1.82, 2.24) is 14.9 Å².